The molecule has 10 aromatic rings. The standard InChI is InChI=1S/C51H38N4O/c1-3-14-33(15-4-1)34-26-28-36(29-27-34)50-52-49(35-16-5-2-6-17-35)53-51(54-50)41-19-8-11-23-44(41)55-43-22-10-7-18-39(43)40-31-30-37(32-45(40)55)38-21-13-25-47-48(38)42-20-9-12-24-46(42)56-47/h1-32,49-54H. The number of furan rings is 1. The van der Waals surface area contributed by atoms with Gasteiger partial charge in [-0.2, -0.15) is 0 Å². The molecular formula is C51H38N4O. The molecule has 3 heterocycles. The van der Waals surface area contributed by atoms with E-state index in [1.54, 1.807) is 0 Å². The lowest BCUT2D eigenvalue weighted by atomic mass is 9.98. The Morgan fingerprint density at radius 1 is 0.393 bits per heavy atom. The summed E-state index contributed by atoms with van der Waals surface area (Å²) < 4.78 is 8.76. The smallest absolute Gasteiger partial charge is 0.136 e. The van der Waals surface area contributed by atoms with Crippen LogP contribution >= 0.6 is 0 Å². The average Bonchev–Trinajstić information content (AvgIpc) is 3.82. The van der Waals surface area contributed by atoms with Crippen LogP contribution in [0.15, 0.2) is 199 Å². The van der Waals surface area contributed by atoms with Gasteiger partial charge in [0.2, 0.25) is 0 Å². The van der Waals surface area contributed by atoms with Crippen molar-refractivity contribution < 1.29 is 4.42 Å². The van der Waals surface area contributed by atoms with E-state index in [0.717, 1.165) is 49.8 Å². The summed E-state index contributed by atoms with van der Waals surface area (Å²) in [6, 6.07) is 69.3. The first-order chi connectivity index (χ1) is 27.8. The van der Waals surface area contributed by atoms with Crippen molar-refractivity contribution in [3.63, 3.8) is 0 Å². The predicted molar refractivity (Wildman–Crippen MR) is 229 cm³/mol. The molecule has 3 N–H and O–H groups in total. The molecule has 0 spiro atoms. The lowest BCUT2D eigenvalue weighted by Gasteiger charge is -2.40. The first-order valence-corrected chi connectivity index (χ1v) is 19.3. The van der Waals surface area contributed by atoms with Crippen LogP contribution in [0.2, 0.25) is 0 Å². The van der Waals surface area contributed by atoms with E-state index >= 15 is 0 Å². The number of nitrogens with one attached hydrogen (secondary N) is 3. The SMILES string of the molecule is c1ccc(-c2ccc(C3NC(c4ccccc4)NC(c4ccccc4-n4c5ccccc5c5ccc(-c6cccc7oc8ccccc8c67)cc54)N3)cc2)cc1. The molecule has 268 valence electrons. The highest BCUT2D eigenvalue weighted by atomic mass is 16.3. The highest BCUT2D eigenvalue weighted by Gasteiger charge is 2.31. The molecule has 2 aromatic heterocycles. The molecule has 0 saturated carbocycles. The molecule has 1 fully saturated rings. The number of nitrogens with zero attached hydrogens (tertiary/aromatic N) is 1. The van der Waals surface area contributed by atoms with Gasteiger partial charge in [-0.05, 0) is 63.7 Å². The predicted octanol–water partition coefficient (Wildman–Crippen LogP) is 12.2. The van der Waals surface area contributed by atoms with Crippen LogP contribution in [-0.2, 0) is 0 Å². The van der Waals surface area contributed by atoms with E-state index in [1.165, 1.54) is 38.5 Å². The fourth-order valence-electron chi connectivity index (χ4n) is 8.70. The first-order valence-electron chi connectivity index (χ1n) is 19.3. The molecule has 11 rings (SSSR count). The lowest BCUT2D eigenvalue weighted by molar-refractivity contribution is 0.203. The second-order valence-corrected chi connectivity index (χ2v) is 14.6. The zero-order valence-electron chi connectivity index (χ0n) is 30.6. The fourth-order valence-corrected chi connectivity index (χ4v) is 8.70. The van der Waals surface area contributed by atoms with Crippen LogP contribution in [0.25, 0.3) is 71.7 Å². The third-order valence-corrected chi connectivity index (χ3v) is 11.4. The number of benzene rings is 8. The van der Waals surface area contributed by atoms with Crippen molar-refractivity contribution in [1.29, 1.82) is 0 Å². The van der Waals surface area contributed by atoms with Crippen molar-refractivity contribution >= 4 is 43.7 Å². The summed E-state index contributed by atoms with van der Waals surface area (Å²) in [6.45, 7) is 0. The minimum absolute atomic E-state index is 0.0932. The van der Waals surface area contributed by atoms with Crippen LogP contribution in [0.5, 0.6) is 0 Å². The van der Waals surface area contributed by atoms with Gasteiger partial charge in [0.1, 0.15) is 11.2 Å². The third-order valence-electron chi connectivity index (χ3n) is 11.4. The van der Waals surface area contributed by atoms with Crippen LogP contribution in [0.3, 0.4) is 0 Å². The summed E-state index contributed by atoms with van der Waals surface area (Å²) in [5.74, 6) is 0. The highest BCUT2D eigenvalue weighted by Crippen LogP contribution is 2.41. The minimum Gasteiger partial charge on any atom is -0.456 e. The summed E-state index contributed by atoms with van der Waals surface area (Å²) >= 11 is 0. The van der Waals surface area contributed by atoms with Gasteiger partial charge in [0.15, 0.2) is 0 Å². The quantitative estimate of drug-likeness (QED) is 0.160. The van der Waals surface area contributed by atoms with Crippen LogP contribution in [0, 0.1) is 0 Å². The number of hydrogen-bond acceptors (Lipinski definition) is 4. The molecule has 0 aliphatic carbocycles. The molecule has 3 atom stereocenters. The zero-order chi connectivity index (χ0) is 37.0. The molecule has 0 bridgehead atoms. The van der Waals surface area contributed by atoms with Crippen LogP contribution < -0.4 is 16.0 Å². The van der Waals surface area contributed by atoms with Crippen molar-refractivity contribution in [3.8, 4) is 27.9 Å². The van der Waals surface area contributed by atoms with E-state index in [-0.39, 0.29) is 18.5 Å². The first kappa shape index (κ1) is 32.7. The van der Waals surface area contributed by atoms with E-state index < -0.39 is 0 Å². The summed E-state index contributed by atoms with van der Waals surface area (Å²) in [6.07, 6.45) is -0.384. The molecule has 5 heteroatoms. The van der Waals surface area contributed by atoms with E-state index in [0.29, 0.717) is 0 Å². The third kappa shape index (κ3) is 5.52. The molecule has 56 heavy (non-hydrogen) atoms. The molecule has 1 aliphatic heterocycles. The molecule has 5 nitrogen and oxygen atoms in total. The second-order valence-electron chi connectivity index (χ2n) is 14.6. The zero-order valence-corrected chi connectivity index (χ0v) is 30.6. The van der Waals surface area contributed by atoms with Gasteiger partial charge in [0.25, 0.3) is 0 Å². The Bertz CT molecular complexity index is 3020. The lowest BCUT2D eigenvalue weighted by Crippen LogP contribution is -2.54. The Hall–Kier alpha value is -6.76. The van der Waals surface area contributed by atoms with E-state index in [9.17, 15) is 0 Å². The van der Waals surface area contributed by atoms with E-state index in [4.69, 9.17) is 4.42 Å². The van der Waals surface area contributed by atoms with Gasteiger partial charge in [-0.15, -0.1) is 0 Å². The summed E-state index contributed by atoms with van der Waals surface area (Å²) in [4.78, 5) is 0. The van der Waals surface area contributed by atoms with Crippen molar-refractivity contribution in [2.75, 3.05) is 0 Å². The van der Waals surface area contributed by atoms with Crippen LogP contribution in [0.1, 0.15) is 35.2 Å². The number of rotatable bonds is 6. The summed E-state index contributed by atoms with van der Waals surface area (Å²) in [5.41, 5.74) is 13.5. The minimum atomic E-state index is -0.179. The van der Waals surface area contributed by atoms with Gasteiger partial charge in [-0.3, -0.25) is 16.0 Å². The largest absolute Gasteiger partial charge is 0.456 e. The monoisotopic (exact) mass is 722 g/mol. The highest BCUT2D eigenvalue weighted by molar-refractivity contribution is 6.14. The van der Waals surface area contributed by atoms with Gasteiger partial charge in [0, 0.05) is 27.1 Å². The average molecular weight is 723 g/mol. The number of para-hydroxylation sites is 3. The van der Waals surface area contributed by atoms with Gasteiger partial charge < -0.3 is 8.98 Å². The van der Waals surface area contributed by atoms with Crippen molar-refractivity contribution in [1.82, 2.24) is 20.5 Å². The Morgan fingerprint density at radius 2 is 0.982 bits per heavy atom. The molecule has 3 unspecified atom stereocenters. The Kier molecular flexibility index (Phi) is 7.88. The van der Waals surface area contributed by atoms with E-state index in [1.807, 2.05) is 12.1 Å². The van der Waals surface area contributed by atoms with Crippen molar-refractivity contribution in [3.05, 3.63) is 211 Å². The maximum absolute atomic E-state index is 6.31. The Morgan fingerprint density at radius 3 is 1.80 bits per heavy atom. The topological polar surface area (TPSA) is 54.2 Å². The number of fused-ring (bicyclic) bond motifs is 6. The molecule has 8 aromatic carbocycles. The molecule has 1 saturated heterocycles. The molecule has 0 amide bonds. The Balaban J connectivity index is 1.05. The summed E-state index contributed by atoms with van der Waals surface area (Å²) in [5, 5.41) is 16.5. The summed E-state index contributed by atoms with van der Waals surface area (Å²) in [7, 11) is 0. The molecular weight excluding hydrogens is 685 g/mol. The molecule has 1 aliphatic rings. The van der Waals surface area contributed by atoms with E-state index in [2.05, 4.69) is 203 Å². The van der Waals surface area contributed by atoms with Gasteiger partial charge in [-0.25, -0.2) is 0 Å². The van der Waals surface area contributed by atoms with Gasteiger partial charge in [0.05, 0.1) is 35.2 Å². The van der Waals surface area contributed by atoms with Crippen molar-refractivity contribution in [2.45, 2.75) is 18.5 Å². The Labute approximate surface area is 324 Å². The normalized spacial score (nSPS) is 17.2. The fraction of sp³-hybridized carbons (Fsp3) is 0.0588. The van der Waals surface area contributed by atoms with Crippen molar-refractivity contribution in [2.24, 2.45) is 0 Å². The number of aromatic nitrogens is 1. The molecule has 0 radical (unpaired) electrons. The maximum atomic E-state index is 6.31. The number of hydrogen-bond donors (Lipinski definition) is 3. The van der Waals surface area contributed by atoms with Crippen LogP contribution in [0.4, 0.5) is 0 Å². The second kappa shape index (κ2) is 13.5. The van der Waals surface area contributed by atoms with Gasteiger partial charge >= 0.3 is 0 Å². The van der Waals surface area contributed by atoms with Gasteiger partial charge in [-0.1, -0.05) is 164 Å². The maximum Gasteiger partial charge on any atom is 0.136 e. The van der Waals surface area contributed by atoms with Crippen LogP contribution in [-0.4, -0.2) is 4.57 Å².